The topological polar surface area (TPSA) is 92.2 Å². The van der Waals surface area contributed by atoms with Crippen LogP contribution in [0.15, 0.2) is 48.5 Å². The van der Waals surface area contributed by atoms with Crippen molar-refractivity contribution in [1.29, 1.82) is 0 Å². The predicted molar refractivity (Wildman–Crippen MR) is 120 cm³/mol. The molecule has 166 valence electrons. The van der Waals surface area contributed by atoms with Gasteiger partial charge in [-0.1, -0.05) is 19.1 Å². The lowest BCUT2D eigenvalue weighted by atomic mass is 10.1. The highest BCUT2D eigenvalue weighted by molar-refractivity contribution is 6.06. The molecule has 32 heavy (non-hydrogen) atoms. The van der Waals surface area contributed by atoms with E-state index in [4.69, 9.17) is 0 Å². The van der Waals surface area contributed by atoms with Gasteiger partial charge in [0.05, 0.1) is 11.6 Å². The van der Waals surface area contributed by atoms with E-state index < -0.39 is 11.7 Å². The number of anilines is 1. The third-order valence-corrected chi connectivity index (χ3v) is 5.75. The van der Waals surface area contributed by atoms with Crippen LogP contribution in [-0.4, -0.2) is 34.9 Å². The molecule has 7 nitrogen and oxygen atoms in total. The SMILES string of the molecule is CCC(C)NC(=O)CC1CNC(=O)c2cc3cc(NC(=O)c4ccccc4F)ccc3n21. The van der Waals surface area contributed by atoms with Crippen LogP contribution >= 0.6 is 0 Å². The highest BCUT2D eigenvalue weighted by Crippen LogP contribution is 2.30. The number of hydrogen-bond donors (Lipinski definition) is 3. The highest BCUT2D eigenvalue weighted by Gasteiger charge is 2.29. The van der Waals surface area contributed by atoms with Crippen molar-refractivity contribution in [2.75, 3.05) is 11.9 Å². The van der Waals surface area contributed by atoms with Gasteiger partial charge >= 0.3 is 0 Å². The zero-order chi connectivity index (χ0) is 22.8. The van der Waals surface area contributed by atoms with E-state index in [2.05, 4.69) is 16.0 Å². The fourth-order valence-electron chi connectivity index (χ4n) is 3.93. The van der Waals surface area contributed by atoms with Gasteiger partial charge in [0.1, 0.15) is 11.5 Å². The second-order valence-electron chi connectivity index (χ2n) is 8.05. The number of carbonyl (C=O) groups excluding carboxylic acids is 3. The van der Waals surface area contributed by atoms with Crippen molar-refractivity contribution >= 4 is 34.3 Å². The number of fused-ring (bicyclic) bond motifs is 3. The van der Waals surface area contributed by atoms with Gasteiger partial charge in [0.2, 0.25) is 5.91 Å². The molecule has 2 heterocycles. The first-order valence-electron chi connectivity index (χ1n) is 10.7. The summed E-state index contributed by atoms with van der Waals surface area (Å²) in [5, 5.41) is 9.26. The molecule has 1 aliphatic rings. The van der Waals surface area contributed by atoms with Gasteiger partial charge in [-0.05, 0) is 49.7 Å². The maximum atomic E-state index is 13.9. The fourth-order valence-corrected chi connectivity index (χ4v) is 3.93. The van der Waals surface area contributed by atoms with E-state index in [0.29, 0.717) is 17.9 Å². The molecule has 3 N–H and O–H groups in total. The van der Waals surface area contributed by atoms with Crippen LogP contribution in [0.2, 0.25) is 0 Å². The van der Waals surface area contributed by atoms with Gasteiger partial charge in [-0.15, -0.1) is 0 Å². The van der Waals surface area contributed by atoms with Crippen molar-refractivity contribution < 1.29 is 18.8 Å². The van der Waals surface area contributed by atoms with E-state index in [-0.39, 0.29) is 35.9 Å². The second kappa shape index (κ2) is 8.82. The molecule has 0 spiro atoms. The highest BCUT2D eigenvalue weighted by atomic mass is 19.1. The number of rotatable bonds is 6. The molecule has 2 aromatic carbocycles. The average molecular weight is 436 g/mol. The fraction of sp³-hybridized carbons (Fsp3) is 0.292. The molecule has 0 radical (unpaired) electrons. The van der Waals surface area contributed by atoms with E-state index >= 15 is 0 Å². The number of nitrogens with one attached hydrogen (secondary N) is 3. The standard InChI is InChI=1S/C24H25FN4O3/c1-3-14(2)27-22(30)12-17-13-26-24(32)21-11-15-10-16(8-9-20(15)29(17)21)28-23(31)18-6-4-5-7-19(18)25/h4-11,14,17H,3,12-13H2,1-2H3,(H,26,32)(H,27,30)(H,28,31). The first-order valence-corrected chi connectivity index (χ1v) is 10.7. The van der Waals surface area contributed by atoms with Gasteiger partial charge < -0.3 is 20.5 Å². The molecule has 0 bridgehead atoms. The van der Waals surface area contributed by atoms with E-state index in [0.717, 1.165) is 17.3 Å². The van der Waals surface area contributed by atoms with Gasteiger partial charge in [0.15, 0.2) is 0 Å². The Morgan fingerprint density at radius 2 is 2.00 bits per heavy atom. The summed E-state index contributed by atoms with van der Waals surface area (Å²) < 4.78 is 15.8. The number of halogens is 1. The molecule has 1 aliphatic heterocycles. The number of aromatic nitrogens is 1. The normalized spacial score (nSPS) is 16.2. The Morgan fingerprint density at radius 3 is 2.75 bits per heavy atom. The van der Waals surface area contributed by atoms with Gasteiger partial charge in [-0.2, -0.15) is 0 Å². The van der Waals surface area contributed by atoms with Crippen LogP contribution < -0.4 is 16.0 Å². The van der Waals surface area contributed by atoms with Crippen LogP contribution in [0.3, 0.4) is 0 Å². The van der Waals surface area contributed by atoms with Gasteiger partial charge in [0, 0.05) is 35.6 Å². The number of amides is 3. The number of carbonyl (C=O) groups is 3. The van der Waals surface area contributed by atoms with Crippen LogP contribution in [0.4, 0.5) is 10.1 Å². The van der Waals surface area contributed by atoms with Gasteiger partial charge in [-0.25, -0.2) is 4.39 Å². The molecule has 1 aromatic heterocycles. The number of benzene rings is 2. The monoisotopic (exact) mass is 436 g/mol. The summed E-state index contributed by atoms with van der Waals surface area (Å²) >= 11 is 0. The third kappa shape index (κ3) is 4.21. The molecule has 8 heteroatoms. The predicted octanol–water partition coefficient (Wildman–Crippen LogP) is 3.62. The third-order valence-electron chi connectivity index (χ3n) is 5.75. The summed E-state index contributed by atoms with van der Waals surface area (Å²) in [7, 11) is 0. The van der Waals surface area contributed by atoms with Crippen molar-refractivity contribution in [1.82, 2.24) is 15.2 Å². The maximum Gasteiger partial charge on any atom is 0.268 e. The summed E-state index contributed by atoms with van der Waals surface area (Å²) in [5.41, 5.74) is 1.70. The Labute approximate surface area is 185 Å². The smallest absolute Gasteiger partial charge is 0.268 e. The lowest BCUT2D eigenvalue weighted by Gasteiger charge is -2.27. The molecule has 0 saturated heterocycles. The van der Waals surface area contributed by atoms with Crippen LogP contribution in [-0.2, 0) is 4.79 Å². The minimum Gasteiger partial charge on any atom is -0.354 e. The molecule has 4 rings (SSSR count). The van der Waals surface area contributed by atoms with E-state index in [1.54, 1.807) is 30.3 Å². The zero-order valence-corrected chi connectivity index (χ0v) is 17.9. The van der Waals surface area contributed by atoms with Crippen molar-refractivity contribution in [2.24, 2.45) is 0 Å². The minimum absolute atomic E-state index is 0.0458. The Balaban J connectivity index is 1.61. The zero-order valence-electron chi connectivity index (χ0n) is 17.9. The lowest BCUT2D eigenvalue weighted by Crippen LogP contribution is -2.41. The molecule has 0 fully saturated rings. The molecule has 2 atom stereocenters. The van der Waals surface area contributed by atoms with Crippen molar-refractivity contribution in [3.8, 4) is 0 Å². The van der Waals surface area contributed by atoms with Crippen LogP contribution in [0.5, 0.6) is 0 Å². The minimum atomic E-state index is -0.597. The molecule has 0 aliphatic carbocycles. The van der Waals surface area contributed by atoms with E-state index in [1.165, 1.54) is 18.2 Å². The summed E-state index contributed by atoms with van der Waals surface area (Å²) in [6.07, 6.45) is 1.08. The molecule has 3 aromatic rings. The van der Waals surface area contributed by atoms with Crippen LogP contribution in [0, 0.1) is 5.82 Å². The first kappa shape index (κ1) is 21.5. The summed E-state index contributed by atoms with van der Waals surface area (Å²) in [6.45, 7) is 4.31. The van der Waals surface area contributed by atoms with Gasteiger partial charge in [-0.3, -0.25) is 14.4 Å². The maximum absolute atomic E-state index is 13.9. The molecular weight excluding hydrogens is 411 g/mol. The molecular formula is C24H25FN4O3. The lowest BCUT2D eigenvalue weighted by molar-refractivity contribution is -0.122. The largest absolute Gasteiger partial charge is 0.354 e. The molecule has 3 amide bonds. The summed E-state index contributed by atoms with van der Waals surface area (Å²) in [6, 6.07) is 12.6. The molecule has 2 unspecified atom stereocenters. The van der Waals surface area contributed by atoms with Crippen LogP contribution in [0.25, 0.3) is 10.9 Å². The summed E-state index contributed by atoms with van der Waals surface area (Å²) in [5.74, 6) is -1.43. The van der Waals surface area contributed by atoms with Crippen molar-refractivity contribution in [2.45, 2.75) is 38.8 Å². The Bertz CT molecular complexity index is 1200. The average Bonchev–Trinajstić information content (AvgIpc) is 3.15. The second-order valence-corrected chi connectivity index (χ2v) is 8.05. The van der Waals surface area contributed by atoms with E-state index in [9.17, 15) is 18.8 Å². The first-order chi connectivity index (χ1) is 15.4. The van der Waals surface area contributed by atoms with E-state index in [1.807, 2.05) is 18.4 Å². The quantitative estimate of drug-likeness (QED) is 0.551. The van der Waals surface area contributed by atoms with Crippen LogP contribution in [0.1, 0.15) is 53.6 Å². The van der Waals surface area contributed by atoms with Crippen molar-refractivity contribution in [3.05, 3.63) is 65.6 Å². The van der Waals surface area contributed by atoms with Gasteiger partial charge in [0.25, 0.3) is 11.8 Å². The van der Waals surface area contributed by atoms with Crippen molar-refractivity contribution in [3.63, 3.8) is 0 Å². The number of nitrogens with zero attached hydrogens (tertiary/aromatic N) is 1. The summed E-state index contributed by atoms with van der Waals surface area (Å²) in [4.78, 5) is 37.3. The number of hydrogen-bond acceptors (Lipinski definition) is 3. The Kier molecular flexibility index (Phi) is 5.94. The molecule has 0 saturated carbocycles. The Morgan fingerprint density at radius 1 is 1.22 bits per heavy atom. The Hall–Kier alpha value is -3.68.